The lowest BCUT2D eigenvalue weighted by atomic mass is 9.85. The van der Waals surface area contributed by atoms with Crippen molar-refractivity contribution in [3.63, 3.8) is 0 Å². The first kappa shape index (κ1) is 18.7. The SMILES string of the molecule is O=C(NCc1ccccc1CN1CCCC1=O)c1cn[nH]c1C1CCCCC1. The molecule has 2 N–H and O–H groups in total. The van der Waals surface area contributed by atoms with Gasteiger partial charge in [-0.3, -0.25) is 14.7 Å². The molecule has 2 aromatic rings. The van der Waals surface area contributed by atoms with Gasteiger partial charge in [0.2, 0.25) is 5.91 Å². The van der Waals surface area contributed by atoms with Crippen molar-refractivity contribution in [1.29, 1.82) is 0 Å². The summed E-state index contributed by atoms with van der Waals surface area (Å²) in [6, 6.07) is 8.02. The van der Waals surface area contributed by atoms with Gasteiger partial charge in [-0.15, -0.1) is 0 Å². The zero-order valence-electron chi connectivity index (χ0n) is 16.2. The number of nitrogens with zero attached hydrogens (tertiary/aromatic N) is 2. The first-order chi connectivity index (χ1) is 13.7. The van der Waals surface area contributed by atoms with Crippen LogP contribution in [0.5, 0.6) is 0 Å². The zero-order chi connectivity index (χ0) is 19.3. The molecule has 1 saturated heterocycles. The van der Waals surface area contributed by atoms with Gasteiger partial charge in [-0.2, -0.15) is 5.10 Å². The minimum atomic E-state index is -0.0821. The number of carbonyl (C=O) groups excluding carboxylic acids is 2. The minimum absolute atomic E-state index is 0.0821. The fourth-order valence-corrected chi connectivity index (χ4v) is 4.41. The first-order valence-corrected chi connectivity index (χ1v) is 10.4. The predicted octanol–water partition coefficient (Wildman–Crippen LogP) is 3.51. The van der Waals surface area contributed by atoms with Crippen molar-refractivity contribution < 1.29 is 9.59 Å². The second-order valence-electron chi connectivity index (χ2n) is 7.90. The smallest absolute Gasteiger partial charge is 0.255 e. The molecule has 148 valence electrons. The van der Waals surface area contributed by atoms with E-state index >= 15 is 0 Å². The number of rotatable bonds is 6. The molecule has 1 aromatic heterocycles. The Morgan fingerprint density at radius 3 is 2.68 bits per heavy atom. The number of aromatic amines is 1. The predicted molar refractivity (Wildman–Crippen MR) is 107 cm³/mol. The van der Waals surface area contributed by atoms with E-state index in [9.17, 15) is 9.59 Å². The summed E-state index contributed by atoms with van der Waals surface area (Å²) in [7, 11) is 0. The summed E-state index contributed by atoms with van der Waals surface area (Å²) in [6.07, 6.45) is 9.17. The molecule has 2 heterocycles. The number of H-pyrrole nitrogens is 1. The highest BCUT2D eigenvalue weighted by molar-refractivity contribution is 5.95. The van der Waals surface area contributed by atoms with Crippen LogP contribution in [-0.2, 0) is 17.9 Å². The molecule has 6 heteroatoms. The van der Waals surface area contributed by atoms with E-state index in [-0.39, 0.29) is 11.8 Å². The molecule has 2 amide bonds. The average molecular weight is 380 g/mol. The number of benzene rings is 1. The minimum Gasteiger partial charge on any atom is -0.348 e. The molecule has 2 aliphatic rings. The van der Waals surface area contributed by atoms with E-state index in [0.29, 0.717) is 31.0 Å². The monoisotopic (exact) mass is 380 g/mol. The topological polar surface area (TPSA) is 78.1 Å². The van der Waals surface area contributed by atoms with Gasteiger partial charge in [0.25, 0.3) is 5.91 Å². The molecule has 0 radical (unpaired) electrons. The molecule has 0 spiro atoms. The number of nitrogens with one attached hydrogen (secondary N) is 2. The molecule has 1 aliphatic heterocycles. The van der Waals surface area contributed by atoms with Crippen molar-refractivity contribution in [2.24, 2.45) is 0 Å². The number of likely N-dealkylation sites (tertiary alicyclic amines) is 1. The second kappa shape index (κ2) is 8.59. The average Bonchev–Trinajstić information content (AvgIpc) is 3.37. The number of carbonyl (C=O) groups is 2. The molecular formula is C22H28N4O2. The van der Waals surface area contributed by atoms with Crippen molar-refractivity contribution in [2.75, 3.05) is 6.54 Å². The van der Waals surface area contributed by atoms with Gasteiger partial charge in [-0.1, -0.05) is 43.5 Å². The normalized spacial score (nSPS) is 17.9. The summed E-state index contributed by atoms with van der Waals surface area (Å²) < 4.78 is 0. The van der Waals surface area contributed by atoms with E-state index < -0.39 is 0 Å². The molecule has 0 bridgehead atoms. The Kier molecular flexibility index (Phi) is 5.74. The van der Waals surface area contributed by atoms with Crippen LogP contribution in [0.2, 0.25) is 0 Å². The number of hydrogen-bond donors (Lipinski definition) is 2. The summed E-state index contributed by atoms with van der Waals surface area (Å²) in [5.74, 6) is 0.543. The maximum Gasteiger partial charge on any atom is 0.255 e. The quantitative estimate of drug-likeness (QED) is 0.805. The number of aromatic nitrogens is 2. The Morgan fingerprint density at radius 2 is 1.93 bits per heavy atom. The lowest BCUT2D eigenvalue weighted by molar-refractivity contribution is -0.128. The van der Waals surface area contributed by atoms with Crippen molar-refractivity contribution >= 4 is 11.8 Å². The maximum atomic E-state index is 12.8. The van der Waals surface area contributed by atoms with Gasteiger partial charge in [0, 0.05) is 32.0 Å². The molecule has 28 heavy (non-hydrogen) atoms. The van der Waals surface area contributed by atoms with E-state index in [4.69, 9.17) is 0 Å². The van der Waals surface area contributed by atoms with E-state index in [1.807, 2.05) is 29.2 Å². The van der Waals surface area contributed by atoms with Crippen molar-refractivity contribution in [1.82, 2.24) is 20.4 Å². The summed E-state index contributed by atoms with van der Waals surface area (Å²) in [5, 5.41) is 10.3. The van der Waals surface area contributed by atoms with Crippen LogP contribution in [0, 0.1) is 0 Å². The molecule has 1 aromatic carbocycles. The standard InChI is InChI=1S/C22H28N4O2/c27-20-11-6-12-26(20)15-18-10-5-4-9-17(18)13-23-22(28)19-14-24-25-21(19)16-7-2-1-3-8-16/h4-5,9-10,14,16H,1-3,6-8,11-13,15H2,(H,23,28)(H,24,25). The third-order valence-electron chi connectivity index (χ3n) is 6.02. The Labute approximate surface area is 165 Å². The van der Waals surface area contributed by atoms with Gasteiger partial charge < -0.3 is 10.2 Å². The summed E-state index contributed by atoms with van der Waals surface area (Å²) in [6.45, 7) is 1.88. The third-order valence-corrected chi connectivity index (χ3v) is 6.02. The van der Waals surface area contributed by atoms with Gasteiger partial charge in [-0.25, -0.2) is 0 Å². The van der Waals surface area contributed by atoms with Crippen LogP contribution < -0.4 is 5.32 Å². The fraction of sp³-hybridized carbons (Fsp3) is 0.500. The van der Waals surface area contributed by atoms with Crippen LogP contribution in [-0.4, -0.2) is 33.5 Å². The zero-order valence-corrected chi connectivity index (χ0v) is 16.2. The molecule has 6 nitrogen and oxygen atoms in total. The fourth-order valence-electron chi connectivity index (χ4n) is 4.41. The van der Waals surface area contributed by atoms with Gasteiger partial charge in [0.1, 0.15) is 0 Å². The van der Waals surface area contributed by atoms with Crippen LogP contribution in [0.15, 0.2) is 30.5 Å². The lowest BCUT2D eigenvalue weighted by Gasteiger charge is -2.21. The number of hydrogen-bond acceptors (Lipinski definition) is 3. The summed E-state index contributed by atoms with van der Waals surface area (Å²) in [4.78, 5) is 26.7. The van der Waals surface area contributed by atoms with Crippen molar-refractivity contribution in [2.45, 2.75) is 64.0 Å². The third kappa shape index (κ3) is 4.11. The molecule has 1 saturated carbocycles. The van der Waals surface area contributed by atoms with E-state index in [1.54, 1.807) is 6.20 Å². The van der Waals surface area contributed by atoms with Crippen LogP contribution in [0.3, 0.4) is 0 Å². The summed E-state index contributed by atoms with van der Waals surface area (Å²) >= 11 is 0. The highest BCUT2D eigenvalue weighted by Crippen LogP contribution is 2.33. The van der Waals surface area contributed by atoms with Gasteiger partial charge in [-0.05, 0) is 30.4 Å². The number of amides is 2. The van der Waals surface area contributed by atoms with Crippen molar-refractivity contribution in [3.05, 3.63) is 52.8 Å². The van der Waals surface area contributed by atoms with Crippen LogP contribution in [0.1, 0.15) is 78.0 Å². The molecule has 2 fully saturated rings. The van der Waals surface area contributed by atoms with Crippen LogP contribution in [0.4, 0.5) is 0 Å². The van der Waals surface area contributed by atoms with Gasteiger partial charge in [0.05, 0.1) is 17.5 Å². The van der Waals surface area contributed by atoms with Crippen LogP contribution >= 0.6 is 0 Å². The van der Waals surface area contributed by atoms with Gasteiger partial charge in [0.15, 0.2) is 0 Å². The molecule has 1 aliphatic carbocycles. The van der Waals surface area contributed by atoms with Crippen molar-refractivity contribution in [3.8, 4) is 0 Å². The Balaban J connectivity index is 1.42. The second-order valence-corrected chi connectivity index (χ2v) is 7.90. The molecule has 0 atom stereocenters. The van der Waals surface area contributed by atoms with E-state index in [0.717, 1.165) is 42.6 Å². The Morgan fingerprint density at radius 1 is 1.14 bits per heavy atom. The maximum absolute atomic E-state index is 12.8. The largest absolute Gasteiger partial charge is 0.348 e. The van der Waals surface area contributed by atoms with Gasteiger partial charge >= 0.3 is 0 Å². The first-order valence-electron chi connectivity index (χ1n) is 10.4. The molecular weight excluding hydrogens is 352 g/mol. The highest BCUT2D eigenvalue weighted by Gasteiger charge is 2.24. The Bertz CT molecular complexity index is 839. The van der Waals surface area contributed by atoms with Crippen LogP contribution in [0.25, 0.3) is 0 Å². The van der Waals surface area contributed by atoms with E-state index in [2.05, 4.69) is 15.5 Å². The molecule has 0 unspecified atom stereocenters. The molecule has 4 rings (SSSR count). The lowest BCUT2D eigenvalue weighted by Crippen LogP contribution is -2.27. The highest BCUT2D eigenvalue weighted by atomic mass is 16.2. The van der Waals surface area contributed by atoms with E-state index in [1.165, 1.54) is 19.3 Å². The Hall–Kier alpha value is -2.63. The summed E-state index contributed by atoms with van der Waals surface area (Å²) in [5.41, 5.74) is 3.79.